The van der Waals surface area contributed by atoms with Crippen molar-refractivity contribution in [1.29, 1.82) is 0 Å². The fraction of sp³-hybridized carbons (Fsp3) is 0.289. The summed E-state index contributed by atoms with van der Waals surface area (Å²) in [7, 11) is 0. The number of benzene rings is 4. The molecule has 3 heterocycles. The monoisotopic (exact) mass is 654 g/mol. The Morgan fingerprint density at radius 3 is 1.76 bits per heavy atom. The highest BCUT2D eigenvalue weighted by atomic mass is 35.5. The van der Waals surface area contributed by atoms with E-state index in [4.69, 9.17) is 34.8 Å². The molecule has 0 aliphatic carbocycles. The highest BCUT2D eigenvalue weighted by molar-refractivity contribution is 6.32. The van der Waals surface area contributed by atoms with Crippen molar-refractivity contribution in [3.8, 4) is 0 Å². The molecule has 45 heavy (non-hydrogen) atoms. The molecule has 4 aromatic carbocycles. The van der Waals surface area contributed by atoms with Gasteiger partial charge >= 0.3 is 0 Å². The second kappa shape index (κ2) is 13.3. The van der Waals surface area contributed by atoms with Crippen LogP contribution in [0.2, 0.25) is 15.1 Å². The molecule has 7 rings (SSSR count). The van der Waals surface area contributed by atoms with Gasteiger partial charge in [-0.25, -0.2) is 0 Å². The van der Waals surface area contributed by atoms with E-state index in [2.05, 4.69) is 86.8 Å². The highest BCUT2D eigenvalue weighted by Gasteiger charge is 2.38. The molecule has 2 saturated heterocycles. The molecular formula is C38H37Cl3N4. The Morgan fingerprint density at radius 1 is 0.622 bits per heavy atom. The molecule has 7 heteroatoms. The zero-order valence-corrected chi connectivity index (χ0v) is 27.6. The number of halogens is 3. The van der Waals surface area contributed by atoms with Gasteiger partial charge < -0.3 is 5.32 Å². The van der Waals surface area contributed by atoms with Gasteiger partial charge in [-0.1, -0.05) is 89.4 Å². The zero-order valence-electron chi connectivity index (χ0n) is 25.3. The van der Waals surface area contributed by atoms with Crippen LogP contribution in [-0.2, 0) is 18.6 Å². The van der Waals surface area contributed by atoms with Crippen LogP contribution in [0.3, 0.4) is 0 Å². The van der Waals surface area contributed by atoms with Crippen LogP contribution in [0.1, 0.15) is 53.5 Å². The van der Waals surface area contributed by atoms with Crippen molar-refractivity contribution >= 4 is 51.4 Å². The first-order valence-corrected chi connectivity index (χ1v) is 17.0. The Morgan fingerprint density at radius 2 is 1.20 bits per heavy atom. The molecule has 0 saturated carbocycles. The summed E-state index contributed by atoms with van der Waals surface area (Å²) in [6.45, 7) is 6.20. The number of nitrogens with zero attached hydrogens (tertiary/aromatic N) is 3. The van der Waals surface area contributed by atoms with E-state index in [1.54, 1.807) is 0 Å². The van der Waals surface area contributed by atoms with Gasteiger partial charge in [-0.2, -0.15) is 0 Å². The Labute approximate surface area is 280 Å². The zero-order chi connectivity index (χ0) is 30.8. The Hall–Kier alpha value is -3.12. The highest BCUT2D eigenvalue weighted by Crippen LogP contribution is 2.44. The predicted octanol–water partition coefficient (Wildman–Crippen LogP) is 9.79. The third-order valence-electron chi connectivity index (χ3n) is 9.39. The van der Waals surface area contributed by atoms with Crippen LogP contribution in [-0.4, -0.2) is 41.0 Å². The van der Waals surface area contributed by atoms with E-state index in [1.165, 1.54) is 25.7 Å². The molecule has 0 radical (unpaired) electrons. The summed E-state index contributed by atoms with van der Waals surface area (Å²) in [6, 6.07) is 31.6. The van der Waals surface area contributed by atoms with E-state index in [9.17, 15) is 0 Å². The fourth-order valence-electron chi connectivity index (χ4n) is 7.02. The topological polar surface area (TPSA) is 31.4 Å². The molecule has 4 nitrogen and oxygen atoms in total. The van der Waals surface area contributed by atoms with Crippen molar-refractivity contribution in [2.75, 3.05) is 31.5 Å². The van der Waals surface area contributed by atoms with Crippen LogP contribution in [0.25, 0.3) is 10.9 Å². The Bertz CT molecular complexity index is 1730. The molecule has 0 unspecified atom stereocenters. The van der Waals surface area contributed by atoms with Gasteiger partial charge in [0.2, 0.25) is 0 Å². The Kier molecular flexibility index (Phi) is 9.03. The molecule has 2 aliphatic heterocycles. The number of aromatic nitrogens is 1. The van der Waals surface area contributed by atoms with Crippen LogP contribution in [0, 0.1) is 0 Å². The quantitative estimate of drug-likeness (QED) is 0.160. The van der Waals surface area contributed by atoms with E-state index in [1.807, 2.05) is 30.5 Å². The standard InChI is InChI=1S/C38H37Cl3N4/c39-32-14-15-33-36(16-17-42-37(33)24-32)43-38(29-8-2-1-3-9-29,30-12-10-27(34(40)22-30)25-44-18-4-5-19-44)31-13-11-28(35(41)23-31)26-45-20-6-7-21-45/h1-3,8-17,22-24H,4-7,18-21,25-26H2,(H,42,43). The molecule has 1 aromatic heterocycles. The molecule has 0 amide bonds. The van der Waals surface area contributed by atoms with E-state index >= 15 is 0 Å². The first-order valence-electron chi connectivity index (χ1n) is 15.9. The summed E-state index contributed by atoms with van der Waals surface area (Å²) in [4.78, 5) is 9.59. The maximum Gasteiger partial charge on any atom is 0.114 e. The van der Waals surface area contributed by atoms with Crippen LogP contribution >= 0.6 is 34.8 Å². The minimum absolute atomic E-state index is 0.655. The van der Waals surface area contributed by atoms with Crippen LogP contribution in [0.5, 0.6) is 0 Å². The summed E-state index contributed by atoms with van der Waals surface area (Å²) >= 11 is 20.7. The number of rotatable bonds is 9. The van der Waals surface area contributed by atoms with Gasteiger partial charge in [0.25, 0.3) is 0 Å². The van der Waals surface area contributed by atoms with Gasteiger partial charge in [0.15, 0.2) is 0 Å². The van der Waals surface area contributed by atoms with Crippen LogP contribution in [0.4, 0.5) is 5.69 Å². The molecule has 2 fully saturated rings. The van der Waals surface area contributed by atoms with Gasteiger partial charge in [-0.05, 0) is 116 Å². The number of pyridine rings is 1. The van der Waals surface area contributed by atoms with E-state index in [-0.39, 0.29) is 0 Å². The number of likely N-dealkylation sites (tertiary alicyclic amines) is 2. The SMILES string of the molecule is Clc1ccc2c(NC(c3ccccc3)(c3ccc(CN4CCCC4)c(Cl)c3)c3ccc(CN4CCCC4)c(Cl)c3)ccnc2c1. The first kappa shape index (κ1) is 30.5. The largest absolute Gasteiger partial charge is 0.367 e. The number of hydrogen-bond acceptors (Lipinski definition) is 4. The summed E-state index contributed by atoms with van der Waals surface area (Å²) in [6.07, 6.45) is 6.81. The number of hydrogen-bond donors (Lipinski definition) is 1. The third-order valence-corrected chi connectivity index (χ3v) is 10.3. The number of nitrogens with one attached hydrogen (secondary N) is 1. The molecule has 5 aromatic rings. The van der Waals surface area contributed by atoms with E-state index in [0.717, 1.165) is 93.7 Å². The first-order chi connectivity index (χ1) is 22.0. The van der Waals surface area contributed by atoms with Crippen molar-refractivity contribution in [3.63, 3.8) is 0 Å². The summed E-state index contributed by atoms with van der Waals surface area (Å²) in [5.41, 5.74) is 6.39. The van der Waals surface area contributed by atoms with E-state index in [0.29, 0.717) is 5.02 Å². The lowest BCUT2D eigenvalue weighted by atomic mass is 9.76. The van der Waals surface area contributed by atoms with E-state index < -0.39 is 5.54 Å². The van der Waals surface area contributed by atoms with Crippen molar-refractivity contribution in [3.05, 3.63) is 140 Å². The third kappa shape index (κ3) is 6.32. The van der Waals surface area contributed by atoms with Crippen LogP contribution in [0.15, 0.2) is 97.2 Å². The van der Waals surface area contributed by atoms with Crippen LogP contribution < -0.4 is 5.32 Å². The normalized spacial score (nSPS) is 16.1. The van der Waals surface area contributed by atoms with Gasteiger partial charge in [0.05, 0.1) is 5.52 Å². The lowest BCUT2D eigenvalue weighted by molar-refractivity contribution is 0.331. The van der Waals surface area contributed by atoms with Crippen molar-refractivity contribution in [1.82, 2.24) is 14.8 Å². The second-order valence-electron chi connectivity index (χ2n) is 12.3. The molecule has 0 spiro atoms. The molecular weight excluding hydrogens is 619 g/mol. The number of anilines is 1. The van der Waals surface area contributed by atoms with Crippen molar-refractivity contribution in [2.45, 2.75) is 44.3 Å². The predicted molar refractivity (Wildman–Crippen MR) is 189 cm³/mol. The van der Waals surface area contributed by atoms with Gasteiger partial charge in [0, 0.05) is 45.4 Å². The maximum atomic E-state index is 7.15. The molecule has 2 aliphatic rings. The van der Waals surface area contributed by atoms with Crippen molar-refractivity contribution < 1.29 is 0 Å². The second-order valence-corrected chi connectivity index (χ2v) is 13.6. The smallest absolute Gasteiger partial charge is 0.114 e. The molecule has 1 N–H and O–H groups in total. The summed E-state index contributed by atoms with van der Waals surface area (Å²) < 4.78 is 0. The summed E-state index contributed by atoms with van der Waals surface area (Å²) in [5.74, 6) is 0. The van der Waals surface area contributed by atoms with Crippen molar-refractivity contribution in [2.24, 2.45) is 0 Å². The number of fused-ring (bicyclic) bond motifs is 1. The minimum Gasteiger partial charge on any atom is -0.367 e. The summed E-state index contributed by atoms with van der Waals surface area (Å²) in [5, 5.41) is 7.20. The average molecular weight is 656 g/mol. The van der Waals surface area contributed by atoms with Gasteiger partial charge in [-0.15, -0.1) is 0 Å². The molecule has 0 atom stereocenters. The average Bonchev–Trinajstić information content (AvgIpc) is 3.77. The Balaban J connectivity index is 1.41. The minimum atomic E-state index is -0.819. The molecule has 230 valence electrons. The van der Waals surface area contributed by atoms with Gasteiger partial charge in [0.1, 0.15) is 5.54 Å². The maximum absolute atomic E-state index is 7.15. The fourth-order valence-corrected chi connectivity index (χ4v) is 7.66. The lowest BCUT2D eigenvalue weighted by Crippen LogP contribution is -2.38. The van der Waals surface area contributed by atoms with Gasteiger partial charge in [-0.3, -0.25) is 14.8 Å². The lowest BCUT2D eigenvalue weighted by Gasteiger charge is -2.39. The molecule has 0 bridgehead atoms.